The van der Waals surface area contributed by atoms with Crippen molar-refractivity contribution in [2.45, 2.75) is 71.2 Å². The molecule has 0 aromatic rings. The molecular formula is C16H29NO3. The van der Waals surface area contributed by atoms with Crippen LogP contribution in [-0.2, 0) is 9.53 Å². The van der Waals surface area contributed by atoms with Crippen LogP contribution in [0.5, 0.6) is 0 Å². The van der Waals surface area contributed by atoms with E-state index in [1.165, 1.54) is 12.8 Å². The lowest BCUT2D eigenvalue weighted by Crippen LogP contribution is -2.40. The Hall–Kier alpha value is -0.610. The van der Waals surface area contributed by atoms with Gasteiger partial charge in [-0.1, -0.05) is 19.8 Å². The van der Waals surface area contributed by atoms with E-state index in [4.69, 9.17) is 4.74 Å². The summed E-state index contributed by atoms with van der Waals surface area (Å²) in [5.74, 6) is 1.02. The summed E-state index contributed by atoms with van der Waals surface area (Å²) in [6.07, 6.45) is 5.11. The second kappa shape index (κ2) is 6.90. The number of carbonyl (C=O) groups excluding carboxylic acids is 1. The number of rotatable bonds is 4. The lowest BCUT2D eigenvalue weighted by atomic mass is 9.88. The third-order valence-electron chi connectivity index (χ3n) is 4.85. The summed E-state index contributed by atoms with van der Waals surface area (Å²) in [7, 11) is 0. The smallest absolute Gasteiger partial charge is 0.251 e. The Morgan fingerprint density at radius 1 is 1.30 bits per heavy atom. The molecule has 1 amide bonds. The van der Waals surface area contributed by atoms with Gasteiger partial charge in [0.05, 0.1) is 12.2 Å². The van der Waals surface area contributed by atoms with Gasteiger partial charge in [-0.3, -0.25) is 4.79 Å². The minimum atomic E-state index is -0.349. The highest BCUT2D eigenvalue weighted by Gasteiger charge is 2.32. The van der Waals surface area contributed by atoms with Gasteiger partial charge in [-0.15, -0.1) is 0 Å². The molecule has 0 radical (unpaired) electrons. The number of ether oxygens (including phenoxy) is 1. The molecule has 1 aliphatic carbocycles. The monoisotopic (exact) mass is 283 g/mol. The maximum Gasteiger partial charge on any atom is 0.251 e. The van der Waals surface area contributed by atoms with Gasteiger partial charge in [-0.2, -0.15) is 0 Å². The molecule has 2 aliphatic rings. The molecule has 5 atom stereocenters. The van der Waals surface area contributed by atoms with Gasteiger partial charge in [0.2, 0.25) is 0 Å². The van der Waals surface area contributed by atoms with Crippen LogP contribution < -0.4 is 0 Å². The average molecular weight is 283 g/mol. The molecule has 0 aromatic carbocycles. The van der Waals surface area contributed by atoms with E-state index in [0.29, 0.717) is 12.5 Å². The third-order valence-corrected chi connectivity index (χ3v) is 4.85. The van der Waals surface area contributed by atoms with E-state index in [1.54, 1.807) is 0 Å². The maximum atomic E-state index is 12.4. The lowest BCUT2D eigenvalue weighted by Gasteiger charge is -2.30. The summed E-state index contributed by atoms with van der Waals surface area (Å²) in [5.41, 5.74) is 0. The molecule has 0 aromatic heterocycles. The molecule has 4 heteroatoms. The number of aliphatic hydroxyl groups is 1. The summed E-state index contributed by atoms with van der Waals surface area (Å²) in [6, 6.07) is 0. The van der Waals surface area contributed by atoms with E-state index in [0.717, 1.165) is 25.8 Å². The minimum absolute atomic E-state index is 0.0892. The van der Waals surface area contributed by atoms with Crippen LogP contribution in [0.15, 0.2) is 0 Å². The number of hydrogen-bond donors (Lipinski definition) is 1. The first kappa shape index (κ1) is 15.8. The average Bonchev–Trinajstić information content (AvgIpc) is 2.87. The molecular weight excluding hydrogens is 254 g/mol. The maximum absolute atomic E-state index is 12.4. The molecule has 4 nitrogen and oxygen atoms in total. The summed E-state index contributed by atoms with van der Waals surface area (Å²) < 4.78 is 5.98. The molecule has 2 fully saturated rings. The van der Waals surface area contributed by atoms with Crippen LogP contribution in [0.4, 0.5) is 0 Å². The zero-order valence-electron chi connectivity index (χ0n) is 13.0. The van der Waals surface area contributed by atoms with Gasteiger partial charge >= 0.3 is 0 Å². The Kier molecular flexibility index (Phi) is 5.44. The Bertz CT molecular complexity index is 332. The van der Waals surface area contributed by atoms with Gasteiger partial charge in [-0.25, -0.2) is 0 Å². The third kappa shape index (κ3) is 3.95. The molecule has 20 heavy (non-hydrogen) atoms. The Balaban J connectivity index is 1.80. The summed E-state index contributed by atoms with van der Waals surface area (Å²) in [6.45, 7) is 7.36. The van der Waals surface area contributed by atoms with E-state index in [9.17, 15) is 9.90 Å². The minimum Gasteiger partial charge on any atom is -0.393 e. The Morgan fingerprint density at radius 2 is 2.05 bits per heavy atom. The summed E-state index contributed by atoms with van der Waals surface area (Å²) in [5, 5.41) is 9.61. The Morgan fingerprint density at radius 3 is 2.65 bits per heavy atom. The topological polar surface area (TPSA) is 49.8 Å². The van der Waals surface area contributed by atoms with Crippen LogP contribution in [0.3, 0.4) is 0 Å². The van der Waals surface area contributed by atoms with Crippen molar-refractivity contribution in [2.75, 3.05) is 13.1 Å². The first-order chi connectivity index (χ1) is 9.47. The second-order valence-electron chi connectivity index (χ2n) is 6.75. The number of aliphatic hydroxyl groups excluding tert-OH is 1. The highest BCUT2D eigenvalue weighted by atomic mass is 16.5. The van der Waals surface area contributed by atoms with Gasteiger partial charge < -0.3 is 14.7 Å². The first-order valence-electron chi connectivity index (χ1n) is 8.09. The number of hydrogen-bond acceptors (Lipinski definition) is 3. The predicted octanol–water partition coefficient (Wildman–Crippen LogP) is 2.20. The van der Waals surface area contributed by atoms with Crippen molar-refractivity contribution in [3.63, 3.8) is 0 Å². The van der Waals surface area contributed by atoms with Crippen LogP contribution >= 0.6 is 0 Å². The van der Waals surface area contributed by atoms with Gasteiger partial charge in [0.15, 0.2) is 0 Å². The van der Waals surface area contributed by atoms with Crippen LogP contribution in [0.1, 0.15) is 52.9 Å². The van der Waals surface area contributed by atoms with Crippen molar-refractivity contribution < 1.29 is 14.6 Å². The van der Waals surface area contributed by atoms with Crippen molar-refractivity contribution >= 4 is 5.91 Å². The van der Waals surface area contributed by atoms with E-state index in [1.807, 2.05) is 18.7 Å². The van der Waals surface area contributed by atoms with Crippen molar-refractivity contribution in [1.82, 2.24) is 4.90 Å². The number of carbonyl (C=O) groups is 1. The van der Waals surface area contributed by atoms with Crippen LogP contribution in [0, 0.1) is 11.8 Å². The summed E-state index contributed by atoms with van der Waals surface area (Å²) >= 11 is 0. The second-order valence-corrected chi connectivity index (χ2v) is 6.75. The van der Waals surface area contributed by atoms with Crippen molar-refractivity contribution in [3.05, 3.63) is 0 Å². The first-order valence-corrected chi connectivity index (χ1v) is 8.09. The van der Waals surface area contributed by atoms with E-state index in [2.05, 4.69) is 6.92 Å². The SMILES string of the molecule is CC1CCCC(OC(C)C(=O)N2CCC(C(C)O)C2)C1. The van der Waals surface area contributed by atoms with Crippen LogP contribution in [0.25, 0.3) is 0 Å². The predicted molar refractivity (Wildman–Crippen MR) is 78.3 cm³/mol. The summed E-state index contributed by atoms with van der Waals surface area (Å²) in [4.78, 5) is 14.2. The standard InChI is InChI=1S/C16H29NO3/c1-11-5-4-6-15(9-11)20-13(3)16(19)17-8-7-14(10-17)12(2)18/h11-15,18H,4-10H2,1-3H3. The quantitative estimate of drug-likeness (QED) is 0.860. The molecule has 1 aliphatic heterocycles. The zero-order chi connectivity index (χ0) is 14.7. The molecule has 1 heterocycles. The van der Waals surface area contributed by atoms with Crippen molar-refractivity contribution in [1.29, 1.82) is 0 Å². The van der Waals surface area contributed by atoms with E-state index < -0.39 is 0 Å². The molecule has 1 N–H and O–H groups in total. The highest BCUT2D eigenvalue weighted by Crippen LogP contribution is 2.27. The van der Waals surface area contributed by atoms with Crippen LogP contribution in [-0.4, -0.2) is 47.3 Å². The van der Waals surface area contributed by atoms with E-state index >= 15 is 0 Å². The fourth-order valence-corrected chi connectivity index (χ4v) is 3.49. The molecule has 0 bridgehead atoms. The van der Waals surface area contributed by atoms with Crippen LogP contribution in [0.2, 0.25) is 0 Å². The Labute approximate surface area is 122 Å². The van der Waals surface area contributed by atoms with Gasteiger partial charge in [0.25, 0.3) is 5.91 Å². The molecule has 5 unspecified atom stereocenters. The van der Waals surface area contributed by atoms with Gasteiger partial charge in [0, 0.05) is 19.0 Å². The van der Waals surface area contributed by atoms with Crippen molar-refractivity contribution in [2.24, 2.45) is 11.8 Å². The number of likely N-dealkylation sites (tertiary alicyclic amines) is 1. The molecule has 0 spiro atoms. The molecule has 116 valence electrons. The van der Waals surface area contributed by atoms with Crippen molar-refractivity contribution in [3.8, 4) is 0 Å². The number of amides is 1. The van der Waals surface area contributed by atoms with Gasteiger partial charge in [0.1, 0.15) is 6.10 Å². The molecule has 1 saturated heterocycles. The normalized spacial score (nSPS) is 34.0. The molecule has 2 rings (SSSR count). The fraction of sp³-hybridized carbons (Fsp3) is 0.938. The molecule has 1 saturated carbocycles. The largest absolute Gasteiger partial charge is 0.393 e. The fourth-order valence-electron chi connectivity index (χ4n) is 3.49. The zero-order valence-corrected chi connectivity index (χ0v) is 13.0. The number of nitrogens with zero attached hydrogens (tertiary/aromatic N) is 1. The van der Waals surface area contributed by atoms with Gasteiger partial charge in [-0.05, 0) is 39.0 Å². The highest BCUT2D eigenvalue weighted by molar-refractivity contribution is 5.80. The van der Waals surface area contributed by atoms with E-state index in [-0.39, 0.29) is 30.1 Å². The lowest BCUT2D eigenvalue weighted by molar-refractivity contribution is -0.147.